The van der Waals surface area contributed by atoms with Crippen molar-refractivity contribution in [2.24, 2.45) is 0 Å². The average Bonchev–Trinajstić information content (AvgIpc) is 3.53. The monoisotopic (exact) mass is 560 g/mol. The van der Waals surface area contributed by atoms with Crippen LogP contribution in [0.1, 0.15) is 12.0 Å². The van der Waals surface area contributed by atoms with Crippen molar-refractivity contribution >= 4 is 35.0 Å². The van der Waals surface area contributed by atoms with Gasteiger partial charge in [0.1, 0.15) is 17.9 Å². The smallest absolute Gasteiger partial charge is 0.321 e. The van der Waals surface area contributed by atoms with Crippen LogP contribution in [-0.2, 0) is 11.3 Å². The predicted molar refractivity (Wildman–Crippen MR) is 152 cm³/mol. The molecular weight excluding hydrogens is 532 g/mol. The van der Waals surface area contributed by atoms with Gasteiger partial charge in [-0.3, -0.25) is 9.36 Å². The Morgan fingerprint density at radius 3 is 2.58 bits per heavy atom. The third-order valence-electron chi connectivity index (χ3n) is 6.59. The maximum absolute atomic E-state index is 13.2. The van der Waals surface area contributed by atoms with Gasteiger partial charge < -0.3 is 25.2 Å². The molecule has 1 atom stereocenters. The minimum atomic E-state index is -0.314. The SMILES string of the molecule is COc1ccc(NC(=O)N2CCN(c3ccnc(-n4ccnc4)n3)C(CC(=O)NCc3ccc(Cl)cc3)C2)cc1. The lowest BCUT2D eigenvalue weighted by atomic mass is 10.1. The van der Waals surface area contributed by atoms with Gasteiger partial charge in [-0.1, -0.05) is 23.7 Å². The lowest BCUT2D eigenvalue weighted by Gasteiger charge is -2.41. The van der Waals surface area contributed by atoms with Gasteiger partial charge in [-0.05, 0) is 48.0 Å². The number of ether oxygens (including phenoxy) is 1. The van der Waals surface area contributed by atoms with E-state index in [1.165, 1.54) is 0 Å². The lowest BCUT2D eigenvalue weighted by Crippen LogP contribution is -2.57. The molecular formula is C28H29ClN8O3. The van der Waals surface area contributed by atoms with Crippen molar-refractivity contribution < 1.29 is 14.3 Å². The molecule has 1 unspecified atom stereocenters. The molecule has 2 aromatic carbocycles. The van der Waals surface area contributed by atoms with Crippen molar-refractivity contribution in [2.45, 2.75) is 19.0 Å². The maximum atomic E-state index is 13.2. The molecule has 2 N–H and O–H groups in total. The number of rotatable bonds is 8. The van der Waals surface area contributed by atoms with Gasteiger partial charge in [-0.2, -0.15) is 4.98 Å². The number of benzene rings is 2. The molecule has 12 heteroatoms. The van der Waals surface area contributed by atoms with Crippen molar-refractivity contribution in [3.8, 4) is 11.7 Å². The summed E-state index contributed by atoms with van der Waals surface area (Å²) in [6.07, 6.45) is 6.90. The van der Waals surface area contributed by atoms with Crippen LogP contribution in [0.15, 0.2) is 79.5 Å². The number of anilines is 2. The van der Waals surface area contributed by atoms with Gasteiger partial charge in [0.15, 0.2) is 0 Å². The molecule has 5 rings (SSSR count). The van der Waals surface area contributed by atoms with E-state index in [1.54, 1.807) is 77.9 Å². The van der Waals surface area contributed by atoms with Gasteiger partial charge in [0, 0.05) is 61.9 Å². The van der Waals surface area contributed by atoms with E-state index >= 15 is 0 Å². The Kier molecular flexibility index (Phi) is 8.41. The van der Waals surface area contributed by atoms with E-state index in [-0.39, 0.29) is 24.4 Å². The van der Waals surface area contributed by atoms with Crippen LogP contribution in [0.2, 0.25) is 5.02 Å². The maximum Gasteiger partial charge on any atom is 0.321 e. The van der Waals surface area contributed by atoms with E-state index < -0.39 is 0 Å². The van der Waals surface area contributed by atoms with Crippen LogP contribution in [0.25, 0.3) is 5.95 Å². The number of carbonyl (C=O) groups is 2. The Morgan fingerprint density at radius 1 is 1.05 bits per heavy atom. The molecule has 3 heterocycles. The fourth-order valence-corrected chi connectivity index (χ4v) is 4.61. The van der Waals surface area contributed by atoms with Gasteiger partial charge in [0.05, 0.1) is 13.2 Å². The summed E-state index contributed by atoms with van der Waals surface area (Å²) in [5.74, 6) is 1.72. The number of nitrogens with one attached hydrogen (secondary N) is 2. The highest BCUT2D eigenvalue weighted by molar-refractivity contribution is 6.30. The van der Waals surface area contributed by atoms with Crippen LogP contribution in [0.3, 0.4) is 0 Å². The molecule has 0 saturated carbocycles. The molecule has 40 heavy (non-hydrogen) atoms. The summed E-state index contributed by atoms with van der Waals surface area (Å²) in [5.41, 5.74) is 1.60. The summed E-state index contributed by atoms with van der Waals surface area (Å²) in [6.45, 7) is 1.66. The highest BCUT2D eigenvalue weighted by Gasteiger charge is 2.32. The number of aromatic nitrogens is 4. The zero-order valence-electron chi connectivity index (χ0n) is 21.9. The number of hydrogen-bond donors (Lipinski definition) is 2. The Labute approximate surface area is 236 Å². The number of nitrogens with zero attached hydrogens (tertiary/aromatic N) is 6. The first-order valence-electron chi connectivity index (χ1n) is 12.8. The van der Waals surface area contributed by atoms with Crippen molar-refractivity contribution in [1.29, 1.82) is 0 Å². The summed E-state index contributed by atoms with van der Waals surface area (Å²) in [6, 6.07) is 15.7. The second-order valence-electron chi connectivity index (χ2n) is 9.24. The number of urea groups is 1. The van der Waals surface area contributed by atoms with E-state index in [4.69, 9.17) is 21.3 Å². The molecule has 2 aromatic heterocycles. The van der Waals surface area contributed by atoms with Crippen molar-refractivity contribution in [3.63, 3.8) is 0 Å². The predicted octanol–water partition coefficient (Wildman–Crippen LogP) is 3.75. The molecule has 3 amide bonds. The second kappa shape index (κ2) is 12.5. The molecule has 0 spiro atoms. The topological polar surface area (TPSA) is 118 Å². The molecule has 1 saturated heterocycles. The van der Waals surface area contributed by atoms with Gasteiger partial charge >= 0.3 is 6.03 Å². The molecule has 0 radical (unpaired) electrons. The normalized spacial score (nSPS) is 15.0. The zero-order valence-corrected chi connectivity index (χ0v) is 22.7. The summed E-state index contributed by atoms with van der Waals surface area (Å²) < 4.78 is 6.91. The molecule has 4 aromatic rings. The van der Waals surface area contributed by atoms with E-state index in [0.717, 1.165) is 5.56 Å². The summed E-state index contributed by atoms with van der Waals surface area (Å²) >= 11 is 5.97. The van der Waals surface area contributed by atoms with Crippen molar-refractivity contribution in [1.82, 2.24) is 29.7 Å². The number of amides is 3. The molecule has 206 valence electrons. The summed E-state index contributed by atoms with van der Waals surface area (Å²) in [7, 11) is 1.59. The van der Waals surface area contributed by atoms with Gasteiger partial charge in [-0.25, -0.2) is 14.8 Å². The molecule has 1 aliphatic rings. The molecule has 0 bridgehead atoms. The lowest BCUT2D eigenvalue weighted by molar-refractivity contribution is -0.121. The van der Waals surface area contributed by atoms with Gasteiger partial charge in [0.25, 0.3) is 0 Å². The van der Waals surface area contributed by atoms with Crippen molar-refractivity contribution in [3.05, 3.63) is 90.1 Å². The number of carbonyl (C=O) groups excluding carboxylic acids is 2. The first kappa shape index (κ1) is 26.9. The molecule has 1 aliphatic heterocycles. The summed E-state index contributed by atoms with van der Waals surface area (Å²) in [4.78, 5) is 43.1. The fraction of sp³-hybridized carbons (Fsp3) is 0.250. The second-order valence-corrected chi connectivity index (χ2v) is 9.68. The van der Waals surface area contributed by atoms with Gasteiger partial charge in [-0.15, -0.1) is 0 Å². The van der Waals surface area contributed by atoms with Crippen molar-refractivity contribution in [2.75, 3.05) is 37.0 Å². The van der Waals surface area contributed by atoms with Crippen LogP contribution in [-0.4, -0.2) is 69.1 Å². The van der Waals surface area contributed by atoms with Crippen LogP contribution in [0.4, 0.5) is 16.3 Å². The Bertz CT molecular complexity index is 1430. The fourth-order valence-electron chi connectivity index (χ4n) is 4.48. The third kappa shape index (κ3) is 6.67. The Morgan fingerprint density at radius 2 is 1.85 bits per heavy atom. The summed E-state index contributed by atoms with van der Waals surface area (Å²) in [5, 5.41) is 6.56. The average molecular weight is 561 g/mol. The number of methoxy groups -OCH3 is 1. The Hall–Kier alpha value is -4.64. The Balaban J connectivity index is 1.31. The molecule has 11 nitrogen and oxygen atoms in total. The van der Waals surface area contributed by atoms with E-state index in [2.05, 4.69) is 25.5 Å². The largest absolute Gasteiger partial charge is 0.497 e. The van der Waals surface area contributed by atoms with Crippen LogP contribution in [0, 0.1) is 0 Å². The number of halogens is 1. The molecule has 1 fully saturated rings. The number of imidazole rings is 1. The quantitative estimate of drug-likeness (QED) is 0.337. The molecule has 0 aliphatic carbocycles. The van der Waals surface area contributed by atoms with Crippen LogP contribution in [0.5, 0.6) is 5.75 Å². The first-order chi connectivity index (χ1) is 19.5. The third-order valence-corrected chi connectivity index (χ3v) is 6.84. The zero-order chi connectivity index (χ0) is 27.9. The van der Waals surface area contributed by atoms with E-state index in [0.29, 0.717) is 54.4 Å². The van der Waals surface area contributed by atoms with Gasteiger partial charge in [0.2, 0.25) is 11.9 Å². The van der Waals surface area contributed by atoms with E-state index in [9.17, 15) is 9.59 Å². The number of hydrogen-bond acceptors (Lipinski definition) is 7. The highest BCUT2D eigenvalue weighted by Crippen LogP contribution is 2.23. The highest BCUT2D eigenvalue weighted by atomic mass is 35.5. The standard InChI is InChI=1S/C28H29ClN8O3/c1-40-24-8-6-22(7-9-24)33-28(39)35-14-15-37(25-10-11-31-27(34-25)36-13-12-30-19-36)23(18-35)16-26(38)32-17-20-2-4-21(29)5-3-20/h2-13,19,23H,14-18H2,1H3,(H,32,38)(H,33,39). The van der Waals surface area contributed by atoms with Crippen LogP contribution >= 0.6 is 11.6 Å². The minimum absolute atomic E-state index is 0.133. The number of piperazine rings is 1. The first-order valence-corrected chi connectivity index (χ1v) is 13.2. The van der Waals surface area contributed by atoms with E-state index in [1.807, 2.05) is 18.2 Å². The minimum Gasteiger partial charge on any atom is -0.497 e. The van der Waals surface area contributed by atoms with Crippen LogP contribution < -0.4 is 20.3 Å².